The van der Waals surface area contributed by atoms with Gasteiger partial charge in [0.25, 0.3) is 0 Å². The Kier molecular flexibility index (Phi) is 4.44. The number of benzene rings is 1. The van der Waals surface area contributed by atoms with Gasteiger partial charge in [-0.1, -0.05) is 25.4 Å². The second-order valence-corrected chi connectivity index (χ2v) is 5.35. The van der Waals surface area contributed by atoms with E-state index in [2.05, 4.69) is 29.8 Å². The summed E-state index contributed by atoms with van der Waals surface area (Å²) in [5, 5.41) is 10.4. The summed E-state index contributed by atoms with van der Waals surface area (Å²) in [6.07, 6.45) is 0.820. The van der Waals surface area contributed by atoms with Crippen LogP contribution < -0.4 is 5.73 Å². The van der Waals surface area contributed by atoms with Crippen LogP contribution in [0.5, 0.6) is 5.75 Å². The van der Waals surface area contributed by atoms with Crippen LogP contribution in [0.2, 0.25) is 5.02 Å². The summed E-state index contributed by atoms with van der Waals surface area (Å²) in [4.78, 5) is 0. The molecule has 2 nitrogen and oxygen atoms in total. The van der Waals surface area contributed by atoms with Crippen LogP contribution in [-0.2, 0) is 0 Å². The zero-order valence-corrected chi connectivity index (χ0v) is 11.1. The minimum atomic E-state index is -0.181. The number of phenols is 1. The van der Waals surface area contributed by atoms with Gasteiger partial charge in [0, 0.05) is 16.6 Å². The van der Waals surface area contributed by atoms with Crippen LogP contribution >= 0.6 is 27.5 Å². The molecule has 0 fully saturated rings. The van der Waals surface area contributed by atoms with Crippen molar-refractivity contribution in [3.63, 3.8) is 0 Å². The molecule has 0 heterocycles. The van der Waals surface area contributed by atoms with Gasteiger partial charge in [-0.15, -0.1) is 0 Å². The Balaban J connectivity index is 3.02. The first-order valence-corrected chi connectivity index (χ1v) is 6.02. The topological polar surface area (TPSA) is 46.2 Å². The van der Waals surface area contributed by atoms with Crippen molar-refractivity contribution in [2.75, 3.05) is 0 Å². The van der Waals surface area contributed by atoms with Gasteiger partial charge in [0.15, 0.2) is 0 Å². The first-order chi connectivity index (χ1) is 6.91. The SMILES string of the molecule is CC(C)CC(N)c1cc(Cl)cc(Br)c1O. The van der Waals surface area contributed by atoms with E-state index in [0.29, 0.717) is 21.0 Å². The standard InChI is InChI=1S/C11H15BrClNO/c1-6(2)3-10(14)8-4-7(13)5-9(12)11(8)15/h4-6,10,15H,3,14H2,1-2H3. The lowest BCUT2D eigenvalue weighted by Crippen LogP contribution is -2.13. The molecule has 0 saturated carbocycles. The van der Waals surface area contributed by atoms with Gasteiger partial charge >= 0.3 is 0 Å². The van der Waals surface area contributed by atoms with Crippen LogP contribution in [0.25, 0.3) is 0 Å². The molecule has 1 aromatic rings. The summed E-state index contributed by atoms with van der Waals surface area (Å²) >= 11 is 9.15. The molecule has 0 aliphatic heterocycles. The molecule has 1 atom stereocenters. The van der Waals surface area contributed by atoms with E-state index in [1.165, 1.54) is 0 Å². The average molecular weight is 293 g/mol. The van der Waals surface area contributed by atoms with E-state index in [1.54, 1.807) is 12.1 Å². The molecular weight excluding hydrogens is 277 g/mol. The van der Waals surface area contributed by atoms with Crippen molar-refractivity contribution in [2.45, 2.75) is 26.3 Å². The first kappa shape index (κ1) is 12.8. The van der Waals surface area contributed by atoms with Crippen molar-refractivity contribution in [2.24, 2.45) is 11.7 Å². The van der Waals surface area contributed by atoms with Crippen LogP contribution in [0.3, 0.4) is 0 Å². The number of rotatable bonds is 3. The largest absolute Gasteiger partial charge is 0.506 e. The quantitative estimate of drug-likeness (QED) is 0.889. The van der Waals surface area contributed by atoms with Crippen molar-refractivity contribution in [3.8, 4) is 5.75 Å². The molecule has 84 valence electrons. The highest BCUT2D eigenvalue weighted by molar-refractivity contribution is 9.10. The second-order valence-electron chi connectivity index (χ2n) is 4.06. The highest BCUT2D eigenvalue weighted by Gasteiger charge is 2.15. The Morgan fingerprint density at radius 3 is 2.60 bits per heavy atom. The van der Waals surface area contributed by atoms with Crippen molar-refractivity contribution in [1.82, 2.24) is 0 Å². The molecular formula is C11H15BrClNO. The monoisotopic (exact) mass is 291 g/mol. The highest BCUT2D eigenvalue weighted by Crippen LogP contribution is 2.36. The molecule has 1 aromatic carbocycles. The summed E-state index contributed by atoms with van der Waals surface area (Å²) < 4.78 is 0.587. The Morgan fingerprint density at radius 1 is 1.47 bits per heavy atom. The second kappa shape index (κ2) is 5.19. The van der Waals surface area contributed by atoms with E-state index in [-0.39, 0.29) is 11.8 Å². The molecule has 0 amide bonds. The molecule has 15 heavy (non-hydrogen) atoms. The maximum atomic E-state index is 9.82. The third-order valence-electron chi connectivity index (χ3n) is 2.18. The van der Waals surface area contributed by atoms with Gasteiger partial charge < -0.3 is 10.8 Å². The molecule has 0 aliphatic rings. The Labute approximate surface area is 104 Å². The van der Waals surface area contributed by atoms with Crippen molar-refractivity contribution in [3.05, 3.63) is 27.2 Å². The number of hydrogen-bond acceptors (Lipinski definition) is 2. The fraction of sp³-hybridized carbons (Fsp3) is 0.455. The summed E-state index contributed by atoms with van der Waals surface area (Å²) in [5.41, 5.74) is 6.69. The van der Waals surface area contributed by atoms with Gasteiger partial charge in [-0.05, 0) is 40.4 Å². The normalized spacial score (nSPS) is 13.2. The van der Waals surface area contributed by atoms with E-state index in [1.807, 2.05) is 0 Å². The molecule has 4 heteroatoms. The maximum absolute atomic E-state index is 9.82. The van der Waals surface area contributed by atoms with Crippen LogP contribution in [0.15, 0.2) is 16.6 Å². The molecule has 0 aliphatic carbocycles. The number of hydrogen-bond donors (Lipinski definition) is 2. The molecule has 0 saturated heterocycles. The molecule has 0 spiro atoms. The van der Waals surface area contributed by atoms with E-state index < -0.39 is 0 Å². The molecule has 0 bridgehead atoms. The van der Waals surface area contributed by atoms with Crippen molar-refractivity contribution < 1.29 is 5.11 Å². The van der Waals surface area contributed by atoms with Gasteiger partial charge in [0.2, 0.25) is 0 Å². The lowest BCUT2D eigenvalue weighted by molar-refractivity contribution is 0.442. The summed E-state index contributed by atoms with van der Waals surface area (Å²) in [7, 11) is 0. The zero-order chi connectivity index (χ0) is 11.6. The molecule has 0 radical (unpaired) electrons. The van der Waals surface area contributed by atoms with Crippen molar-refractivity contribution in [1.29, 1.82) is 0 Å². The van der Waals surface area contributed by atoms with Crippen LogP contribution in [-0.4, -0.2) is 5.11 Å². The first-order valence-electron chi connectivity index (χ1n) is 4.85. The minimum Gasteiger partial charge on any atom is -0.506 e. The lowest BCUT2D eigenvalue weighted by Gasteiger charge is -2.16. The van der Waals surface area contributed by atoms with E-state index in [9.17, 15) is 5.11 Å². The van der Waals surface area contributed by atoms with Crippen LogP contribution in [0.4, 0.5) is 0 Å². The number of aromatic hydroxyl groups is 1. The Bertz CT molecular complexity index is 355. The van der Waals surface area contributed by atoms with Gasteiger partial charge in [0.05, 0.1) is 4.47 Å². The maximum Gasteiger partial charge on any atom is 0.134 e. The van der Waals surface area contributed by atoms with Gasteiger partial charge in [-0.3, -0.25) is 0 Å². The zero-order valence-electron chi connectivity index (χ0n) is 8.80. The predicted octanol–water partition coefficient (Wildman–Crippen LogP) is 3.85. The number of phenolic OH excluding ortho intramolecular Hbond substituents is 1. The van der Waals surface area contributed by atoms with E-state index in [4.69, 9.17) is 17.3 Å². The van der Waals surface area contributed by atoms with Crippen LogP contribution in [0.1, 0.15) is 31.9 Å². The smallest absolute Gasteiger partial charge is 0.134 e. The predicted molar refractivity (Wildman–Crippen MR) is 67.2 cm³/mol. The summed E-state index contributed by atoms with van der Waals surface area (Å²) in [6, 6.07) is 3.19. The van der Waals surface area contributed by atoms with Gasteiger partial charge in [-0.25, -0.2) is 0 Å². The fourth-order valence-corrected chi connectivity index (χ4v) is 2.34. The molecule has 3 N–H and O–H groups in total. The highest BCUT2D eigenvalue weighted by atomic mass is 79.9. The molecule has 1 unspecified atom stereocenters. The van der Waals surface area contributed by atoms with E-state index >= 15 is 0 Å². The fourth-order valence-electron chi connectivity index (χ4n) is 1.50. The average Bonchev–Trinajstić information content (AvgIpc) is 2.09. The minimum absolute atomic E-state index is 0.181. The summed E-state index contributed by atoms with van der Waals surface area (Å²) in [5.74, 6) is 0.671. The van der Waals surface area contributed by atoms with Crippen molar-refractivity contribution >= 4 is 27.5 Å². The Hall–Kier alpha value is -0.250. The molecule has 1 rings (SSSR count). The lowest BCUT2D eigenvalue weighted by atomic mass is 9.97. The third kappa shape index (κ3) is 3.37. The molecule has 0 aromatic heterocycles. The Morgan fingerprint density at radius 2 is 2.07 bits per heavy atom. The van der Waals surface area contributed by atoms with Gasteiger partial charge in [0.1, 0.15) is 5.75 Å². The van der Waals surface area contributed by atoms with Crippen LogP contribution in [0, 0.1) is 5.92 Å². The van der Waals surface area contributed by atoms with Gasteiger partial charge in [-0.2, -0.15) is 0 Å². The van der Waals surface area contributed by atoms with E-state index in [0.717, 1.165) is 6.42 Å². The number of nitrogens with two attached hydrogens (primary N) is 1. The summed E-state index contributed by atoms with van der Waals surface area (Å²) in [6.45, 7) is 4.19. The number of halogens is 2. The third-order valence-corrected chi connectivity index (χ3v) is 3.01.